The zero-order chi connectivity index (χ0) is 19.8. The van der Waals surface area contributed by atoms with Crippen molar-refractivity contribution in [3.05, 3.63) is 47.5 Å². The number of ether oxygens (including phenoxy) is 4. The predicted octanol–water partition coefficient (Wildman–Crippen LogP) is 3.26. The number of methoxy groups -OCH3 is 3. The normalized spacial score (nSPS) is 10.7. The number of carbonyl (C=O) groups is 1. The fraction of sp³-hybridized carbons (Fsp3) is 0.300. The lowest BCUT2D eigenvalue weighted by Gasteiger charge is -2.13. The zero-order valence-electron chi connectivity index (χ0n) is 16.1. The molecule has 0 aromatic heterocycles. The first-order valence-corrected chi connectivity index (χ1v) is 8.38. The summed E-state index contributed by atoms with van der Waals surface area (Å²) in [5.74, 6) is 1.54. The Kier molecular flexibility index (Phi) is 7.05. The Bertz CT molecular complexity index is 793. The second kappa shape index (κ2) is 9.47. The van der Waals surface area contributed by atoms with Crippen LogP contribution >= 0.6 is 0 Å². The highest BCUT2D eigenvalue weighted by Crippen LogP contribution is 2.38. The van der Waals surface area contributed by atoms with Gasteiger partial charge in [0.2, 0.25) is 5.75 Å². The van der Waals surface area contributed by atoms with Gasteiger partial charge in [-0.05, 0) is 43.7 Å². The van der Waals surface area contributed by atoms with Gasteiger partial charge in [0.05, 0.1) is 33.6 Å². The van der Waals surface area contributed by atoms with Crippen molar-refractivity contribution in [3.63, 3.8) is 0 Å². The van der Waals surface area contributed by atoms with Crippen molar-refractivity contribution >= 4 is 12.1 Å². The summed E-state index contributed by atoms with van der Waals surface area (Å²) in [6.45, 7) is 3.91. The van der Waals surface area contributed by atoms with Gasteiger partial charge in [0.25, 0.3) is 5.91 Å². The molecule has 1 amide bonds. The van der Waals surface area contributed by atoms with Gasteiger partial charge < -0.3 is 18.9 Å². The van der Waals surface area contributed by atoms with E-state index in [2.05, 4.69) is 10.5 Å². The highest BCUT2D eigenvalue weighted by molar-refractivity contribution is 5.96. The van der Waals surface area contributed by atoms with Crippen LogP contribution in [0.4, 0.5) is 0 Å². The summed E-state index contributed by atoms with van der Waals surface area (Å²) in [7, 11) is 4.48. The van der Waals surface area contributed by atoms with Crippen LogP contribution in [-0.4, -0.2) is 39.6 Å². The first-order valence-electron chi connectivity index (χ1n) is 8.38. The molecule has 144 valence electrons. The number of amides is 1. The second-order valence-electron chi connectivity index (χ2n) is 5.85. The summed E-state index contributed by atoms with van der Waals surface area (Å²) < 4.78 is 21.4. The second-order valence-corrected chi connectivity index (χ2v) is 5.85. The molecule has 0 bridgehead atoms. The number of hydrogen-bond donors (Lipinski definition) is 1. The summed E-state index contributed by atoms with van der Waals surface area (Å²) in [6.07, 6.45) is 1.63. The molecule has 2 aromatic rings. The largest absolute Gasteiger partial charge is 0.493 e. The summed E-state index contributed by atoms with van der Waals surface area (Å²) >= 11 is 0. The third kappa shape index (κ3) is 5.37. The van der Waals surface area contributed by atoms with Crippen molar-refractivity contribution in [1.29, 1.82) is 0 Å². The minimum absolute atomic E-state index is 0.0805. The van der Waals surface area contributed by atoms with E-state index in [0.29, 0.717) is 22.8 Å². The quantitative estimate of drug-likeness (QED) is 0.568. The third-order valence-corrected chi connectivity index (χ3v) is 3.54. The number of nitrogens with zero attached hydrogens (tertiary/aromatic N) is 1. The van der Waals surface area contributed by atoms with Crippen molar-refractivity contribution in [3.8, 4) is 23.0 Å². The van der Waals surface area contributed by atoms with E-state index in [1.807, 2.05) is 38.1 Å². The van der Waals surface area contributed by atoms with Crippen LogP contribution in [0.1, 0.15) is 29.8 Å². The molecule has 0 fully saturated rings. The highest BCUT2D eigenvalue weighted by atomic mass is 16.5. The summed E-state index contributed by atoms with van der Waals surface area (Å²) in [4.78, 5) is 12.4. The molecule has 2 aromatic carbocycles. The lowest BCUT2D eigenvalue weighted by molar-refractivity contribution is 0.0954. The number of hydrogen-bond acceptors (Lipinski definition) is 6. The molecule has 7 nitrogen and oxygen atoms in total. The van der Waals surface area contributed by atoms with Crippen LogP contribution in [0.5, 0.6) is 23.0 Å². The van der Waals surface area contributed by atoms with Gasteiger partial charge in [-0.3, -0.25) is 4.79 Å². The van der Waals surface area contributed by atoms with Crippen molar-refractivity contribution < 1.29 is 23.7 Å². The maximum Gasteiger partial charge on any atom is 0.271 e. The molecule has 0 saturated carbocycles. The van der Waals surface area contributed by atoms with E-state index in [1.165, 1.54) is 21.3 Å². The molecule has 7 heteroatoms. The first kappa shape index (κ1) is 20.1. The van der Waals surface area contributed by atoms with E-state index in [1.54, 1.807) is 18.3 Å². The molecule has 0 heterocycles. The SMILES string of the molecule is COc1cc(C(=O)N/N=C/c2cccc(OC(C)C)c2)cc(OC)c1OC. The Morgan fingerprint density at radius 1 is 1.04 bits per heavy atom. The number of carbonyl (C=O) groups excluding carboxylic acids is 1. The van der Waals surface area contributed by atoms with Gasteiger partial charge in [0.1, 0.15) is 5.75 Å². The van der Waals surface area contributed by atoms with E-state index in [9.17, 15) is 4.79 Å². The van der Waals surface area contributed by atoms with Gasteiger partial charge in [-0.15, -0.1) is 0 Å². The van der Waals surface area contributed by atoms with Crippen LogP contribution in [0.15, 0.2) is 41.5 Å². The van der Waals surface area contributed by atoms with Crippen LogP contribution in [-0.2, 0) is 0 Å². The smallest absolute Gasteiger partial charge is 0.271 e. The number of nitrogens with one attached hydrogen (secondary N) is 1. The van der Waals surface area contributed by atoms with Gasteiger partial charge in [0, 0.05) is 5.56 Å². The third-order valence-electron chi connectivity index (χ3n) is 3.54. The van der Waals surface area contributed by atoms with E-state index >= 15 is 0 Å². The van der Waals surface area contributed by atoms with Gasteiger partial charge >= 0.3 is 0 Å². The Balaban J connectivity index is 2.12. The molecule has 0 radical (unpaired) electrons. The maximum absolute atomic E-state index is 12.4. The minimum atomic E-state index is -0.403. The molecule has 0 aliphatic carbocycles. The van der Waals surface area contributed by atoms with Crippen LogP contribution in [0, 0.1) is 0 Å². The molecule has 2 rings (SSSR count). The van der Waals surface area contributed by atoms with E-state index in [-0.39, 0.29) is 6.10 Å². The van der Waals surface area contributed by atoms with Crippen molar-refractivity contribution in [2.75, 3.05) is 21.3 Å². The zero-order valence-corrected chi connectivity index (χ0v) is 16.1. The Labute approximate surface area is 158 Å². The van der Waals surface area contributed by atoms with E-state index < -0.39 is 5.91 Å². The number of benzene rings is 2. The first-order chi connectivity index (χ1) is 13.0. The summed E-state index contributed by atoms with van der Waals surface area (Å²) in [5, 5.41) is 4.00. The molecule has 0 aliphatic rings. The van der Waals surface area contributed by atoms with E-state index in [0.717, 1.165) is 11.3 Å². The van der Waals surface area contributed by atoms with Gasteiger partial charge in [0.15, 0.2) is 11.5 Å². The van der Waals surface area contributed by atoms with Crippen LogP contribution < -0.4 is 24.4 Å². The molecule has 0 saturated heterocycles. The van der Waals surface area contributed by atoms with Crippen LogP contribution in [0.25, 0.3) is 0 Å². The fourth-order valence-electron chi connectivity index (χ4n) is 2.38. The minimum Gasteiger partial charge on any atom is -0.493 e. The molecule has 0 aliphatic heterocycles. The summed E-state index contributed by atoms with van der Waals surface area (Å²) in [6, 6.07) is 10.6. The highest BCUT2D eigenvalue weighted by Gasteiger charge is 2.16. The van der Waals surface area contributed by atoms with Crippen molar-refractivity contribution in [2.45, 2.75) is 20.0 Å². The van der Waals surface area contributed by atoms with Crippen LogP contribution in [0.3, 0.4) is 0 Å². The molecule has 0 unspecified atom stereocenters. The number of rotatable bonds is 8. The predicted molar refractivity (Wildman–Crippen MR) is 103 cm³/mol. The Morgan fingerprint density at radius 2 is 1.70 bits per heavy atom. The topological polar surface area (TPSA) is 78.4 Å². The van der Waals surface area contributed by atoms with Gasteiger partial charge in [-0.2, -0.15) is 5.10 Å². The van der Waals surface area contributed by atoms with E-state index in [4.69, 9.17) is 18.9 Å². The summed E-state index contributed by atoms with van der Waals surface area (Å²) in [5.41, 5.74) is 3.62. The Hall–Kier alpha value is -3.22. The number of hydrazone groups is 1. The maximum atomic E-state index is 12.4. The molecule has 0 spiro atoms. The molecular formula is C20H24N2O5. The molecule has 27 heavy (non-hydrogen) atoms. The van der Waals surface area contributed by atoms with Crippen LogP contribution in [0.2, 0.25) is 0 Å². The van der Waals surface area contributed by atoms with Gasteiger partial charge in [-0.25, -0.2) is 5.43 Å². The average Bonchev–Trinajstić information content (AvgIpc) is 2.66. The van der Waals surface area contributed by atoms with Gasteiger partial charge in [-0.1, -0.05) is 12.1 Å². The molecular weight excluding hydrogens is 348 g/mol. The van der Waals surface area contributed by atoms with Crippen molar-refractivity contribution in [2.24, 2.45) is 5.10 Å². The lowest BCUT2D eigenvalue weighted by atomic mass is 10.1. The van der Waals surface area contributed by atoms with Crippen molar-refractivity contribution in [1.82, 2.24) is 5.43 Å². The lowest BCUT2D eigenvalue weighted by Crippen LogP contribution is -2.18. The standard InChI is InChI=1S/C20H24N2O5/c1-13(2)27-16-8-6-7-14(9-16)12-21-22-20(23)15-10-17(24-3)19(26-5)18(11-15)25-4/h6-13H,1-5H3,(H,22,23)/b21-12+. The fourth-order valence-corrected chi connectivity index (χ4v) is 2.38. The Morgan fingerprint density at radius 3 is 2.26 bits per heavy atom. The molecule has 1 N–H and O–H groups in total. The average molecular weight is 372 g/mol. The monoisotopic (exact) mass is 372 g/mol. The molecule has 0 atom stereocenters.